The zero-order valence-electron chi connectivity index (χ0n) is 9.92. The Morgan fingerprint density at radius 1 is 1.40 bits per heavy atom. The largest absolute Gasteiger partial charge is 1.00 e. The Morgan fingerprint density at radius 2 is 1.87 bits per heavy atom. The van der Waals surface area contributed by atoms with Crippen molar-refractivity contribution in [2.24, 2.45) is 5.92 Å². The molecule has 1 atom stereocenters. The Balaban J connectivity index is 0. The van der Waals surface area contributed by atoms with Crippen LogP contribution in [0, 0.1) is 5.92 Å². The van der Waals surface area contributed by atoms with Crippen molar-refractivity contribution in [2.45, 2.75) is 33.3 Å². The molecule has 0 aliphatic rings. The Hall–Kier alpha value is 0.792. The number of carboxylic acid groups (broad SMARTS) is 1. The summed E-state index contributed by atoms with van der Waals surface area (Å²) in [7, 11) is 0. The van der Waals surface area contributed by atoms with Crippen molar-refractivity contribution >= 4 is 12.1 Å². The minimum Gasteiger partial charge on any atom is -0.550 e. The average Bonchev–Trinajstić information content (AvgIpc) is 1.96. The van der Waals surface area contributed by atoms with E-state index in [1.165, 1.54) is 6.92 Å². The maximum atomic E-state index is 11.0. The minimum atomic E-state index is -1.19. The number of carbonyl (C=O) groups is 2. The standard InChI is InChI=1S/C9H17NO4.Cs/c1-6(7(11)12)5-10-8(13)14-9(2,3)4;/h6H,5H2,1-4H3,(H,10,13)(H,11,12);/q;+1/p-1. The summed E-state index contributed by atoms with van der Waals surface area (Å²) in [6, 6.07) is 0. The first kappa shape index (κ1) is 18.2. The van der Waals surface area contributed by atoms with Crippen molar-refractivity contribution in [1.82, 2.24) is 5.32 Å². The van der Waals surface area contributed by atoms with E-state index in [1.54, 1.807) is 20.8 Å². The molecule has 0 aromatic rings. The Bertz CT molecular complexity index is 225. The van der Waals surface area contributed by atoms with Gasteiger partial charge in [-0.05, 0) is 20.8 Å². The molecular formula is C9H16CsNO4. The predicted molar refractivity (Wildman–Crippen MR) is 48.4 cm³/mol. The second kappa shape index (κ2) is 7.97. The van der Waals surface area contributed by atoms with Crippen LogP contribution >= 0.6 is 0 Å². The third kappa shape index (κ3) is 11.1. The van der Waals surface area contributed by atoms with E-state index >= 15 is 0 Å². The first-order valence-corrected chi connectivity index (χ1v) is 4.40. The number of nitrogens with one attached hydrogen (secondary N) is 1. The quantitative estimate of drug-likeness (QED) is 0.593. The van der Waals surface area contributed by atoms with Gasteiger partial charge in [0, 0.05) is 18.4 Å². The molecule has 0 saturated carbocycles. The van der Waals surface area contributed by atoms with Crippen molar-refractivity contribution in [3.8, 4) is 0 Å². The van der Waals surface area contributed by atoms with E-state index in [9.17, 15) is 14.7 Å². The van der Waals surface area contributed by atoms with Crippen molar-refractivity contribution in [3.63, 3.8) is 0 Å². The fourth-order valence-corrected chi connectivity index (χ4v) is 0.634. The number of amides is 1. The Morgan fingerprint density at radius 3 is 2.20 bits per heavy atom. The monoisotopic (exact) mass is 335 g/mol. The number of ether oxygens (including phenoxy) is 1. The second-order valence-corrected chi connectivity index (χ2v) is 4.10. The fraction of sp³-hybridized carbons (Fsp3) is 0.778. The molecule has 1 N–H and O–H groups in total. The summed E-state index contributed by atoms with van der Waals surface area (Å²) in [5.41, 5.74) is -0.575. The van der Waals surface area contributed by atoms with Gasteiger partial charge >= 0.3 is 75.0 Å². The molecule has 6 heteroatoms. The predicted octanol–water partition coefficient (Wildman–Crippen LogP) is -3.10. The smallest absolute Gasteiger partial charge is 0.550 e. The molecule has 0 heterocycles. The molecule has 0 aromatic carbocycles. The number of alkyl carbamates (subject to hydrolysis) is 1. The van der Waals surface area contributed by atoms with E-state index in [0.717, 1.165) is 0 Å². The van der Waals surface area contributed by atoms with Gasteiger partial charge in [-0.25, -0.2) is 4.79 Å². The van der Waals surface area contributed by atoms with Gasteiger partial charge in [-0.15, -0.1) is 0 Å². The zero-order valence-corrected chi connectivity index (χ0v) is 16.2. The zero-order chi connectivity index (χ0) is 11.4. The van der Waals surface area contributed by atoms with Gasteiger partial charge in [-0.3, -0.25) is 0 Å². The van der Waals surface area contributed by atoms with E-state index in [1.807, 2.05) is 0 Å². The Kier molecular flexibility index (Phi) is 9.65. The van der Waals surface area contributed by atoms with Crippen LogP contribution in [0.4, 0.5) is 4.79 Å². The van der Waals surface area contributed by atoms with E-state index in [4.69, 9.17) is 4.74 Å². The van der Waals surface area contributed by atoms with Crippen molar-refractivity contribution in [3.05, 3.63) is 0 Å². The molecule has 0 radical (unpaired) electrons. The molecule has 0 bridgehead atoms. The van der Waals surface area contributed by atoms with Gasteiger partial charge in [0.05, 0.1) is 0 Å². The third-order valence-electron chi connectivity index (χ3n) is 1.35. The second-order valence-electron chi connectivity index (χ2n) is 4.10. The summed E-state index contributed by atoms with van der Waals surface area (Å²) in [6.45, 7) is 6.65. The van der Waals surface area contributed by atoms with Gasteiger partial charge in [-0.1, -0.05) is 6.92 Å². The van der Waals surface area contributed by atoms with Gasteiger partial charge in [0.25, 0.3) is 0 Å². The molecule has 0 spiro atoms. The summed E-state index contributed by atoms with van der Waals surface area (Å²) in [5, 5.41) is 12.6. The minimum absolute atomic E-state index is 0. The SMILES string of the molecule is CC(CNC(=O)OC(C)(C)C)C(=O)[O-].[Cs+]. The van der Waals surface area contributed by atoms with E-state index in [-0.39, 0.29) is 75.4 Å². The molecule has 1 unspecified atom stereocenters. The topological polar surface area (TPSA) is 78.5 Å². The van der Waals surface area contributed by atoms with Crippen LogP contribution in [-0.2, 0) is 9.53 Å². The normalized spacial score (nSPS) is 12.3. The van der Waals surface area contributed by atoms with Gasteiger partial charge in [0.1, 0.15) is 5.60 Å². The average molecular weight is 335 g/mol. The summed E-state index contributed by atoms with van der Waals surface area (Å²) in [5.74, 6) is -1.91. The maximum Gasteiger partial charge on any atom is 1.00 e. The summed E-state index contributed by atoms with van der Waals surface area (Å²) < 4.78 is 4.90. The van der Waals surface area contributed by atoms with Gasteiger partial charge < -0.3 is 20.0 Å². The van der Waals surface area contributed by atoms with Crippen LogP contribution in [0.1, 0.15) is 27.7 Å². The number of rotatable bonds is 3. The Labute approximate surface area is 149 Å². The van der Waals surface area contributed by atoms with Gasteiger partial charge in [-0.2, -0.15) is 0 Å². The van der Waals surface area contributed by atoms with Crippen molar-refractivity contribution in [2.75, 3.05) is 6.54 Å². The number of aliphatic carboxylic acids is 1. The number of hydrogen-bond acceptors (Lipinski definition) is 4. The van der Waals surface area contributed by atoms with Gasteiger partial charge in [0.2, 0.25) is 0 Å². The molecular weight excluding hydrogens is 319 g/mol. The molecule has 0 aromatic heterocycles. The van der Waals surface area contributed by atoms with Crippen molar-refractivity contribution in [1.29, 1.82) is 0 Å². The molecule has 5 nitrogen and oxygen atoms in total. The van der Waals surface area contributed by atoms with Crippen molar-refractivity contribution < 1.29 is 88.3 Å². The first-order valence-electron chi connectivity index (χ1n) is 4.40. The summed E-state index contributed by atoms with van der Waals surface area (Å²) >= 11 is 0. The first-order chi connectivity index (χ1) is 6.22. The third-order valence-corrected chi connectivity index (χ3v) is 1.35. The molecule has 82 valence electrons. The van der Waals surface area contributed by atoms with Crippen LogP contribution in [-0.4, -0.2) is 24.2 Å². The van der Waals surface area contributed by atoms with E-state index in [2.05, 4.69) is 5.32 Å². The molecule has 0 saturated heterocycles. The van der Waals surface area contributed by atoms with Crippen LogP contribution in [0.15, 0.2) is 0 Å². The van der Waals surface area contributed by atoms with Crippen LogP contribution in [0.2, 0.25) is 0 Å². The van der Waals surface area contributed by atoms with E-state index in [0.29, 0.717) is 0 Å². The number of hydrogen-bond donors (Lipinski definition) is 1. The number of carboxylic acids is 1. The van der Waals surface area contributed by atoms with Crippen LogP contribution in [0.3, 0.4) is 0 Å². The van der Waals surface area contributed by atoms with Gasteiger partial charge in [0.15, 0.2) is 0 Å². The maximum absolute atomic E-state index is 11.0. The molecule has 0 rings (SSSR count). The fourth-order valence-electron chi connectivity index (χ4n) is 0.634. The molecule has 0 aliphatic carbocycles. The molecule has 0 fully saturated rings. The van der Waals surface area contributed by atoms with Crippen LogP contribution < -0.4 is 79.3 Å². The van der Waals surface area contributed by atoms with Crippen LogP contribution in [0.25, 0.3) is 0 Å². The summed E-state index contributed by atoms with van der Waals surface area (Å²) in [6.07, 6.45) is -0.620. The molecule has 15 heavy (non-hydrogen) atoms. The molecule has 0 aliphatic heterocycles. The number of carbonyl (C=O) groups excluding carboxylic acids is 2. The van der Waals surface area contributed by atoms with E-state index < -0.39 is 23.6 Å². The summed E-state index contributed by atoms with van der Waals surface area (Å²) in [4.78, 5) is 21.3. The van der Waals surface area contributed by atoms with Crippen LogP contribution in [0.5, 0.6) is 0 Å². The molecule has 1 amide bonds.